The van der Waals surface area contributed by atoms with Crippen molar-refractivity contribution in [2.75, 3.05) is 26.7 Å². The number of amides is 2. The zero-order valence-corrected chi connectivity index (χ0v) is 14.8. The number of aliphatic imine (C=N–C) groups is 1. The van der Waals surface area contributed by atoms with E-state index in [0.717, 1.165) is 6.54 Å². The van der Waals surface area contributed by atoms with Crippen molar-refractivity contribution in [3.63, 3.8) is 0 Å². The fourth-order valence-corrected chi connectivity index (χ4v) is 1.86. The Labute approximate surface area is 137 Å². The molecule has 1 heterocycles. The minimum absolute atomic E-state index is 0. The summed E-state index contributed by atoms with van der Waals surface area (Å²) in [7, 11) is 1.70. The molecule has 1 aliphatic heterocycles. The Morgan fingerprint density at radius 1 is 1.25 bits per heavy atom. The normalized spacial score (nSPS) is 16.2. The molecule has 0 atom stereocenters. The van der Waals surface area contributed by atoms with E-state index in [-0.39, 0.29) is 35.8 Å². The summed E-state index contributed by atoms with van der Waals surface area (Å²) in [5.74, 6) is 1.10. The molecule has 0 aromatic heterocycles. The molecule has 0 aromatic carbocycles. The smallest absolute Gasteiger partial charge is 0.229 e. The first-order chi connectivity index (χ1) is 9.04. The fourth-order valence-electron chi connectivity index (χ4n) is 1.86. The summed E-state index contributed by atoms with van der Waals surface area (Å²) in [6.07, 6.45) is 1.64. The van der Waals surface area contributed by atoms with E-state index in [0.29, 0.717) is 44.2 Å². The summed E-state index contributed by atoms with van der Waals surface area (Å²) in [4.78, 5) is 28.6. The lowest BCUT2D eigenvalue weighted by Crippen LogP contribution is -2.46. The van der Waals surface area contributed by atoms with Gasteiger partial charge in [-0.1, -0.05) is 13.8 Å². The van der Waals surface area contributed by atoms with E-state index in [1.807, 2.05) is 0 Å². The lowest BCUT2D eigenvalue weighted by molar-refractivity contribution is -0.147. The molecule has 2 amide bonds. The van der Waals surface area contributed by atoms with E-state index in [1.165, 1.54) is 4.90 Å². The third-order valence-electron chi connectivity index (χ3n) is 2.91. The molecule has 2 N–H and O–H groups in total. The van der Waals surface area contributed by atoms with Gasteiger partial charge >= 0.3 is 0 Å². The lowest BCUT2D eigenvalue weighted by Gasteiger charge is -2.25. The van der Waals surface area contributed by atoms with E-state index in [4.69, 9.17) is 0 Å². The molecule has 0 aromatic rings. The van der Waals surface area contributed by atoms with Crippen molar-refractivity contribution in [3.8, 4) is 0 Å². The number of halogens is 1. The highest BCUT2D eigenvalue weighted by molar-refractivity contribution is 14.0. The van der Waals surface area contributed by atoms with Gasteiger partial charge < -0.3 is 10.6 Å². The molecule has 116 valence electrons. The minimum Gasteiger partial charge on any atom is -0.356 e. The third kappa shape index (κ3) is 6.53. The quantitative estimate of drug-likeness (QED) is 0.314. The van der Waals surface area contributed by atoms with Crippen LogP contribution in [0.25, 0.3) is 0 Å². The molecule has 6 nitrogen and oxygen atoms in total. The van der Waals surface area contributed by atoms with Crippen molar-refractivity contribution < 1.29 is 9.59 Å². The Bertz CT molecular complexity index is 342. The lowest BCUT2D eigenvalue weighted by atomic mass is 10.1. The standard InChI is InChI=1S/C13H24N4O2.HI/c1-10(2)9-16-13(14-3)15-7-8-17-11(18)5-4-6-12(17)19;/h10H,4-9H2,1-3H3,(H2,14,15,16);1H. The number of nitrogens with one attached hydrogen (secondary N) is 2. The molecular formula is C13H25IN4O2. The van der Waals surface area contributed by atoms with Gasteiger partial charge in [0.25, 0.3) is 0 Å². The van der Waals surface area contributed by atoms with Crippen molar-refractivity contribution in [1.82, 2.24) is 15.5 Å². The molecule has 1 fully saturated rings. The molecule has 0 radical (unpaired) electrons. The number of likely N-dealkylation sites (tertiary alicyclic amines) is 1. The minimum atomic E-state index is -0.0665. The number of hydrogen-bond acceptors (Lipinski definition) is 3. The topological polar surface area (TPSA) is 73.8 Å². The van der Waals surface area contributed by atoms with Crippen LogP contribution in [-0.2, 0) is 9.59 Å². The summed E-state index contributed by atoms with van der Waals surface area (Å²) in [5, 5.41) is 6.29. The van der Waals surface area contributed by atoms with Gasteiger partial charge in [0, 0.05) is 39.5 Å². The number of guanidine groups is 1. The number of nitrogens with zero attached hydrogens (tertiary/aromatic N) is 2. The second kappa shape index (κ2) is 9.95. The number of carbonyl (C=O) groups is 2. The first-order valence-electron chi connectivity index (χ1n) is 6.82. The van der Waals surface area contributed by atoms with Crippen LogP contribution in [0.4, 0.5) is 0 Å². The highest BCUT2D eigenvalue weighted by Gasteiger charge is 2.25. The zero-order chi connectivity index (χ0) is 14.3. The van der Waals surface area contributed by atoms with Gasteiger partial charge in [-0.05, 0) is 12.3 Å². The van der Waals surface area contributed by atoms with Gasteiger partial charge in [0.05, 0.1) is 0 Å². The average molecular weight is 396 g/mol. The largest absolute Gasteiger partial charge is 0.356 e. The van der Waals surface area contributed by atoms with Crippen molar-refractivity contribution in [1.29, 1.82) is 0 Å². The van der Waals surface area contributed by atoms with Gasteiger partial charge in [0.1, 0.15) is 0 Å². The third-order valence-corrected chi connectivity index (χ3v) is 2.91. The molecule has 0 unspecified atom stereocenters. The molecule has 0 spiro atoms. The summed E-state index contributed by atoms with van der Waals surface area (Å²) >= 11 is 0. The number of rotatable bonds is 5. The number of carbonyl (C=O) groups excluding carboxylic acids is 2. The molecule has 1 rings (SSSR count). The first kappa shape index (κ1) is 19.1. The predicted molar refractivity (Wildman–Crippen MR) is 90.2 cm³/mol. The van der Waals surface area contributed by atoms with Crippen LogP contribution in [0.3, 0.4) is 0 Å². The maximum absolute atomic E-state index is 11.6. The van der Waals surface area contributed by atoms with Crippen LogP contribution >= 0.6 is 24.0 Å². The van der Waals surface area contributed by atoms with Crippen LogP contribution in [0.15, 0.2) is 4.99 Å². The van der Waals surface area contributed by atoms with Gasteiger partial charge in [0.2, 0.25) is 11.8 Å². The summed E-state index contributed by atoms with van der Waals surface area (Å²) in [6, 6.07) is 0. The van der Waals surface area contributed by atoms with E-state index >= 15 is 0 Å². The predicted octanol–water partition coefficient (Wildman–Crippen LogP) is 0.964. The first-order valence-corrected chi connectivity index (χ1v) is 6.82. The Morgan fingerprint density at radius 3 is 2.35 bits per heavy atom. The Hall–Kier alpha value is -0.860. The summed E-state index contributed by atoms with van der Waals surface area (Å²) in [6.45, 7) is 5.99. The van der Waals surface area contributed by atoms with Gasteiger partial charge in [-0.2, -0.15) is 0 Å². The average Bonchev–Trinajstić information content (AvgIpc) is 2.36. The van der Waals surface area contributed by atoms with Crippen molar-refractivity contribution in [3.05, 3.63) is 0 Å². The van der Waals surface area contributed by atoms with Gasteiger partial charge in [0.15, 0.2) is 5.96 Å². The Morgan fingerprint density at radius 2 is 1.85 bits per heavy atom. The maximum Gasteiger partial charge on any atom is 0.229 e. The maximum atomic E-state index is 11.6. The van der Waals surface area contributed by atoms with E-state index in [1.54, 1.807) is 7.05 Å². The number of imide groups is 1. The van der Waals surface area contributed by atoms with Crippen LogP contribution in [0.1, 0.15) is 33.1 Å². The monoisotopic (exact) mass is 396 g/mol. The van der Waals surface area contributed by atoms with E-state index in [2.05, 4.69) is 29.5 Å². The molecule has 20 heavy (non-hydrogen) atoms. The van der Waals surface area contributed by atoms with Gasteiger partial charge in [-0.3, -0.25) is 19.5 Å². The van der Waals surface area contributed by atoms with Crippen molar-refractivity contribution >= 4 is 41.8 Å². The van der Waals surface area contributed by atoms with E-state index in [9.17, 15) is 9.59 Å². The second-order valence-corrected chi connectivity index (χ2v) is 5.07. The number of piperidine rings is 1. The van der Waals surface area contributed by atoms with Crippen LogP contribution in [-0.4, -0.2) is 49.4 Å². The highest BCUT2D eigenvalue weighted by atomic mass is 127. The van der Waals surface area contributed by atoms with Gasteiger partial charge in [-0.25, -0.2) is 0 Å². The molecule has 1 aliphatic rings. The molecular weight excluding hydrogens is 371 g/mol. The Kier molecular flexibility index (Phi) is 9.52. The van der Waals surface area contributed by atoms with Crippen molar-refractivity contribution in [2.45, 2.75) is 33.1 Å². The molecule has 1 saturated heterocycles. The summed E-state index contributed by atoms with van der Waals surface area (Å²) in [5.41, 5.74) is 0. The van der Waals surface area contributed by atoms with Crippen LogP contribution in [0, 0.1) is 5.92 Å². The molecule has 0 aliphatic carbocycles. The second-order valence-electron chi connectivity index (χ2n) is 5.07. The van der Waals surface area contributed by atoms with Gasteiger partial charge in [-0.15, -0.1) is 24.0 Å². The molecule has 7 heteroatoms. The molecule has 0 bridgehead atoms. The zero-order valence-electron chi connectivity index (χ0n) is 12.4. The highest BCUT2D eigenvalue weighted by Crippen LogP contribution is 2.11. The van der Waals surface area contributed by atoms with E-state index < -0.39 is 0 Å². The molecule has 0 saturated carbocycles. The van der Waals surface area contributed by atoms with Crippen LogP contribution in [0.2, 0.25) is 0 Å². The Balaban J connectivity index is 0.00000361. The SMILES string of the molecule is CN=C(NCCN1C(=O)CCCC1=O)NCC(C)C.I. The van der Waals surface area contributed by atoms with Crippen molar-refractivity contribution in [2.24, 2.45) is 10.9 Å². The summed E-state index contributed by atoms with van der Waals surface area (Å²) < 4.78 is 0. The van der Waals surface area contributed by atoms with Crippen LogP contribution in [0.5, 0.6) is 0 Å². The fraction of sp³-hybridized carbons (Fsp3) is 0.769. The van der Waals surface area contributed by atoms with Crippen LogP contribution < -0.4 is 10.6 Å². The number of hydrogen-bond donors (Lipinski definition) is 2.